The highest BCUT2D eigenvalue weighted by Crippen LogP contribution is 2.30. The minimum absolute atomic E-state index is 0.161. The molecular weight excluding hydrogens is 228 g/mol. The zero-order valence-electron chi connectivity index (χ0n) is 7.24. The van der Waals surface area contributed by atoms with E-state index in [0.717, 1.165) is 11.9 Å². The summed E-state index contributed by atoms with van der Waals surface area (Å²) >= 11 is 3.35. The number of hydrogen-bond acceptors (Lipinski definition) is 1. The van der Waals surface area contributed by atoms with Gasteiger partial charge in [-0.25, -0.2) is 0 Å². The van der Waals surface area contributed by atoms with Gasteiger partial charge in [-0.15, -0.1) is 0 Å². The van der Waals surface area contributed by atoms with Crippen LogP contribution in [-0.4, -0.2) is 11.9 Å². The van der Waals surface area contributed by atoms with Crippen molar-refractivity contribution in [2.24, 2.45) is 0 Å². The third-order valence-corrected chi connectivity index (χ3v) is 2.45. The van der Waals surface area contributed by atoms with Gasteiger partial charge in [-0.3, -0.25) is 0 Å². The highest BCUT2D eigenvalue weighted by molar-refractivity contribution is 9.09. The number of fused-ring (bicyclic) bond motifs is 1. The fraction of sp³-hybridized carbons (Fsp3) is 0.273. The maximum absolute atomic E-state index is 5.64. The van der Waals surface area contributed by atoms with E-state index in [1.54, 1.807) is 0 Å². The van der Waals surface area contributed by atoms with E-state index in [0.29, 0.717) is 0 Å². The Balaban J connectivity index is 2.14. The number of ether oxygens (including phenoxy) is 1. The van der Waals surface area contributed by atoms with Crippen molar-refractivity contribution in [3.05, 3.63) is 41.5 Å². The molecule has 0 saturated heterocycles. The van der Waals surface area contributed by atoms with Gasteiger partial charge >= 0.3 is 0 Å². The fourth-order valence-electron chi connectivity index (χ4n) is 1.53. The van der Waals surface area contributed by atoms with E-state index in [1.807, 2.05) is 0 Å². The van der Waals surface area contributed by atoms with Crippen molar-refractivity contribution >= 4 is 22.0 Å². The Bertz CT molecular complexity index is 320. The standard InChI is InChI=1S/C11H11BrO/c12-7-8-13-11-6-5-9-3-1-2-4-10(9)11/h1-6,11H,7-8H2. The lowest BCUT2D eigenvalue weighted by Gasteiger charge is -2.10. The predicted octanol–water partition coefficient (Wildman–Crippen LogP) is 3.17. The lowest BCUT2D eigenvalue weighted by atomic mass is 10.1. The first kappa shape index (κ1) is 8.97. The fourth-order valence-corrected chi connectivity index (χ4v) is 1.72. The normalized spacial score (nSPS) is 19.0. The van der Waals surface area contributed by atoms with Crippen LogP contribution in [0.4, 0.5) is 0 Å². The highest BCUT2D eigenvalue weighted by Gasteiger charge is 2.15. The van der Waals surface area contributed by atoms with E-state index in [1.165, 1.54) is 11.1 Å². The summed E-state index contributed by atoms with van der Waals surface area (Å²) in [5, 5.41) is 0.888. The predicted molar refractivity (Wildman–Crippen MR) is 58.0 cm³/mol. The molecule has 2 rings (SSSR count). The molecule has 0 aromatic heterocycles. The molecule has 1 aromatic rings. The lowest BCUT2D eigenvalue weighted by molar-refractivity contribution is 0.102. The van der Waals surface area contributed by atoms with Crippen molar-refractivity contribution in [2.45, 2.75) is 6.10 Å². The molecule has 0 heterocycles. The van der Waals surface area contributed by atoms with E-state index in [-0.39, 0.29) is 6.10 Å². The Morgan fingerprint density at radius 1 is 1.31 bits per heavy atom. The molecule has 1 unspecified atom stereocenters. The highest BCUT2D eigenvalue weighted by atomic mass is 79.9. The van der Waals surface area contributed by atoms with Crippen LogP contribution < -0.4 is 0 Å². The van der Waals surface area contributed by atoms with Gasteiger partial charge in [0, 0.05) is 5.33 Å². The number of alkyl halides is 1. The van der Waals surface area contributed by atoms with E-state index in [9.17, 15) is 0 Å². The van der Waals surface area contributed by atoms with E-state index in [2.05, 4.69) is 52.3 Å². The van der Waals surface area contributed by atoms with Crippen LogP contribution in [0.2, 0.25) is 0 Å². The molecule has 13 heavy (non-hydrogen) atoms. The third-order valence-electron chi connectivity index (χ3n) is 2.13. The van der Waals surface area contributed by atoms with Crippen LogP contribution in [0.15, 0.2) is 30.3 Å². The van der Waals surface area contributed by atoms with Crippen molar-refractivity contribution in [2.75, 3.05) is 11.9 Å². The molecule has 0 aliphatic heterocycles. The number of halogens is 1. The van der Waals surface area contributed by atoms with E-state index in [4.69, 9.17) is 4.74 Å². The molecule has 0 spiro atoms. The van der Waals surface area contributed by atoms with Gasteiger partial charge in [0.25, 0.3) is 0 Å². The second kappa shape index (κ2) is 4.07. The van der Waals surface area contributed by atoms with Crippen LogP contribution in [0.5, 0.6) is 0 Å². The van der Waals surface area contributed by atoms with Crippen LogP contribution in [0.1, 0.15) is 17.2 Å². The van der Waals surface area contributed by atoms with Gasteiger partial charge in [0.15, 0.2) is 0 Å². The Morgan fingerprint density at radius 2 is 2.15 bits per heavy atom. The monoisotopic (exact) mass is 238 g/mol. The summed E-state index contributed by atoms with van der Waals surface area (Å²) in [7, 11) is 0. The zero-order valence-corrected chi connectivity index (χ0v) is 8.83. The molecular formula is C11H11BrO. The summed E-state index contributed by atoms with van der Waals surface area (Å²) in [6.07, 6.45) is 4.38. The minimum atomic E-state index is 0.161. The van der Waals surface area contributed by atoms with Gasteiger partial charge in [0.1, 0.15) is 6.10 Å². The molecule has 0 amide bonds. The Labute approximate surface area is 86.5 Å². The summed E-state index contributed by atoms with van der Waals surface area (Å²) in [6.45, 7) is 0.753. The summed E-state index contributed by atoms with van der Waals surface area (Å²) in [6, 6.07) is 8.34. The van der Waals surface area contributed by atoms with Crippen LogP contribution in [-0.2, 0) is 4.74 Å². The molecule has 1 aromatic carbocycles. The molecule has 0 bridgehead atoms. The average Bonchev–Trinajstić information content (AvgIpc) is 2.58. The lowest BCUT2D eigenvalue weighted by Crippen LogP contribution is -2.01. The van der Waals surface area contributed by atoms with Crippen LogP contribution in [0.25, 0.3) is 6.08 Å². The van der Waals surface area contributed by atoms with Crippen molar-refractivity contribution in [3.63, 3.8) is 0 Å². The molecule has 1 aliphatic carbocycles. The molecule has 1 nitrogen and oxygen atoms in total. The van der Waals surface area contributed by atoms with Crippen LogP contribution >= 0.6 is 15.9 Å². The molecule has 0 fully saturated rings. The Kier molecular flexibility index (Phi) is 2.81. The first-order valence-electron chi connectivity index (χ1n) is 4.36. The average molecular weight is 239 g/mol. The first-order valence-corrected chi connectivity index (χ1v) is 5.48. The van der Waals surface area contributed by atoms with E-state index >= 15 is 0 Å². The van der Waals surface area contributed by atoms with Gasteiger partial charge in [0.2, 0.25) is 0 Å². The molecule has 0 radical (unpaired) electrons. The summed E-state index contributed by atoms with van der Waals surface area (Å²) in [5.41, 5.74) is 2.56. The van der Waals surface area contributed by atoms with Gasteiger partial charge in [0.05, 0.1) is 6.61 Å². The smallest absolute Gasteiger partial charge is 0.102 e. The van der Waals surface area contributed by atoms with Crippen molar-refractivity contribution in [1.82, 2.24) is 0 Å². The number of benzene rings is 1. The third kappa shape index (κ3) is 1.84. The van der Waals surface area contributed by atoms with Gasteiger partial charge in [-0.05, 0) is 11.1 Å². The molecule has 2 heteroatoms. The molecule has 1 aliphatic rings. The minimum Gasteiger partial charge on any atom is -0.369 e. The van der Waals surface area contributed by atoms with Crippen LogP contribution in [0.3, 0.4) is 0 Å². The van der Waals surface area contributed by atoms with E-state index < -0.39 is 0 Å². The summed E-state index contributed by atoms with van der Waals surface area (Å²) < 4.78 is 5.64. The maximum Gasteiger partial charge on any atom is 0.102 e. The van der Waals surface area contributed by atoms with Crippen LogP contribution in [0, 0.1) is 0 Å². The van der Waals surface area contributed by atoms with Crippen molar-refractivity contribution in [3.8, 4) is 0 Å². The summed E-state index contributed by atoms with van der Waals surface area (Å²) in [5.74, 6) is 0. The first-order chi connectivity index (χ1) is 6.42. The molecule has 68 valence electrons. The van der Waals surface area contributed by atoms with Gasteiger partial charge < -0.3 is 4.74 Å². The second-order valence-corrected chi connectivity index (χ2v) is 3.76. The quantitative estimate of drug-likeness (QED) is 0.736. The Hall–Kier alpha value is -0.600. The second-order valence-electron chi connectivity index (χ2n) is 2.97. The zero-order chi connectivity index (χ0) is 9.10. The SMILES string of the molecule is BrCCOC1C=Cc2ccccc21. The van der Waals surface area contributed by atoms with Crippen molar-refractivity contribution < 1.29 is 4.74 Å². The van der Waals surface area contributed by atoms with Crippen molar-refractivity contribution in [1.29, 1.82) is 0 Å². The maximum atomic E-state index is 5.64. The van der Waals surface area contributed by atoms with Gasteiger partial charge in [-0.2, -0.15) is 0 Å². The Morgan fingerprint density at radius 3 is 3.00 bits per heavy atom. The summed E-state index contributed by atoms with van der Waals surface area (Å²) in [4.78, 5) is 0. The molecule has 0 N–H and O–H groups in total. The molecule has 1 atom stereocenters. The van der Waals surface area contributed by atoms with Gasteiger partial charge in [-0.1, -0.05) is 52.3 Å². The number of rotatable bonds is 3. The number of hydrogen-bond donors (Lipinski definition) is 0. The topological polar surface area (TPSA) is 9.23 Å². The molecule has 0 saturated carbocycles. The largest absolute Gasteiger partial charge is 0.369 e.